The lowest BCUT2D eigenvalue weighted by Gasteiger charge is -2.09. The number of carbonyl (C=O) groups is 1. The molecule has 0 radical (unpaired) electrons. The minimum atomic E-state index is -0.208. The molecule has 0 bridgehead atoms. The second-order valence-corrected chi connectivity index (χ2v) is 8.51. The van der Waals surface area contributed by atoms with E-state index in [0.29, 0.717) is 17.8 Å². The molecule has 1 N–H and O–H groups in total. The topological polar surface area (TPSA) is 95.5 Å². The number of hydrogen-bond donors (Lipinski definition) is 1. The molecule has 4 aromatic heterocycles. The average molecular weight is 469 g/mol. The summed E-state index contributed by atoms with van der Waals surface area (Å²) in [7, 11) is 0. The molecule has 0 fully saturated rings. The number of anilines is 1. The third-order valence-electron chi connectivity index (χ3n) is 6.23. The lowest BCUT2D eigenvalue weighted by atomic mass is 10.0. The Morgan fingerprint density at radius 2 is 1.83 bits per heavy atom. The van der Waals surface area contributed by atoms with Gasteiger partial charge in [-0.15, -0.1) is 0 Å². The summed E-state index contributed by atoms with van der Waals surface area (Å²) in [6.07, 6.45) is 7.34. The van der Waals surface area contributed by atoms with E-state index in [9.17, 15) is 4.79 Å². The van der Waals surface area contributed by atoms with Gasteiger partial charge in [-0.1, -0.05) is 18.2 Å². The maximum absolute atomic E-state index is 13.4. The average Bonchev–Trinajstić information content (AvgIpc) is 3.57. The quantitative estimate of drug-likeness (QED) is 0.381. The standard InChI is InChI=1S/C26H28N8O/c1-5-32-16-23(17(3)31-32)25-11-22(21-9-7-8-10-24(21)30-25)26(35)29-20-13-27-33(15-20)14-19-12-28-34(6-2)18(19)4/h7-13,15-16H,5-6,14H2,1-4H3,(H,29,35). The van der Waals surface area contributed by atoms with Gasteiger partial charge in [0.15, 0.2) is 0 Å². The summed E-state index contributed by atoms with van der Waals surface area (Å²) < 4.78 is 5.64. The second kappa shape index (κ2) is 9.17. The van der Waals surface area contributed by atoms with Gasteiger partial charge in [-0.2, -0.15) is 15.3 Å². The number of amides is 1. The van der Waals surface area contributed by atoms with E-state index in [4.69, 9.17) is 4.98 Å². The molecular weight excluding hydrogens is 440 g/mol. The fourth-order valence-electron chi connectivity index (χ4n) is 4.28. The molecule has 0 spiro atoms. The summed E-state index contributed by atoms with van der Waals surface area (Å²) in [5.41, 5.74) is 6.69. The molecule has 1 aromatic carbocycles. The van der Waals surface area contributed by atoms with Crippen LogP contribution in [-0.4, -0.2) is 40.2 Å². The van der Waals surface area contributed by atoms with E-state index in [1.807, 2.05) is 72.1 Å². The van der Waals surface area contributed by atoms with E-state index in [1.54, 1.807) is 10.9 Å². The molecule has 9 heteroatoms. The fourth-order valence-corrected chi connectivity index (χ4v) is 4.28. The van der Waals surface area contributed by atoms with Crippen LogP contribution in [0.15, 0.2) is 55.1 Å². The molecule has 0 aliphatic heterocycles. The summed E-state index contributed by atoms with van der Waals surface area (Å²) in [6.45, 7) is 10.3. The van der Waals surface area contributed by atoms with Gasteiger partial charge in [0.1, 0.15) is 0 Å². The van der Waals surface area contributed by atoms with Crippen molar-refractivity contribution in [2.45, 2.75) is 47.3 Å². The van der Waals surface area contributed by atoms with Crippen molar-refractivity contribution in [1.29, 1.82) is 0 Å². The molecule has 0 saturated carbocycles. The number of pyridine rings is 1. The van der Waals surface area contributed by atoms with Gasteiger partial charge in [0, 0.05) is 47.7 Å². The van der Waals surface area contributed by atoms with Crippen molar-refractivity contribution in [2.75, 3.05) is 5.32 Å². The Bertz CT molecular complexity index is 1520. The van der Waals surface area contributed by atoms with Gasteiger partial charge in [0.05, 0.1) is 47.1 Å². The first-order valence-electron chi connectivity index (χ1n) is 11.8. The summed E-state index contributed by atoms with van der Waals surface area (Å²) in [4.78, 5) is 18.2. The first-order chi connectivity index (χ1) is 17.0. The number of carbonyl (C=O) groups excluding carboxylic acids is 1. The van der Waals surface area contributed by atoms with E-state index < -0.39 is 0 Å². The van der Waals surface area contributed by atoms with E-state index in [-0.39, 0.29) is 5.91 Å². The molecule has 0 aliphatic carbocycles. The summed E-state index contributed by atoms with van der Waals surface area (Å²) >= 11 is 0. The zero-order valence-corrected chi connectivity index (χ0v) is 20.4. The van der Waals surface area contributed by atoms with E-state index >= 15 is 0 Å². The van der Waals surface area contributed by atoms with Crippen LogP contribution in [0.5, 0.6) is 0 Å². The first-order valence-corrected chi connectivity index (χ1v) is 11.8. The number of hydrogen-bond acceptors (Lipinski definition) is 5. The van der Waals surface area contributed by atoms with Crippen LogP contribution < -0.4 is 5.32 Å². The van der Waals surface area contributed by atoms with Crippen molar-refractivity contribution in [2.24, 2.45) is 0 Å². The number of fused-ring (bicyclic) bond motifs is 1. The fraction of sp³-hybridized carbons (Fsp3) is 0.269. The summed E-state index contributed by atoms with van der Waals surface area (Å²) in [5, 5.41) is 17.2. The lowest BCUT2D eigenvalue weighted by molar-refractivity contribution is 0.102. The highest BCUT2D eigenvalue weighted by atomic mass is 16.1. The van der Waals surface area contributed by atoms with E-state index in [2.05, 4.69) is 34.5 Å². The van der Waals surface area contributed by atoms with Crippen molar-refractivity contribution in [3.63, 3.8) is 0 Å². The van der Waals surface area contributed by atoms with Crippen molar-refractivity contribution in [3.05, 3.63) is 77.6 Å². The predicted octanol–water partition coefficient (Wildman–Crippen LogP) is 4.45. The third kappa shape index (κ3) is 4.32. The van der Waals surface area contributed by atoms with Crippen LogP contribution in [-0.2, 0) is 19.6 Å². The normalized spacial score (nSPS) is 11.3. The molecule has 0 atom stereocenters. The summed E-state index contributed by atoms with van der Waals surface area (Å²) in [5.74, 6) is -0.208. The minimum Gasteiger partial charge on any atom is -0.319 e. The number of nitrogens with zero attached hydrogens (tertiary/aromatic N) is 7. The van der Waals surface area contributed by atoms with Crippen molar-refractivity contribution >= 4 is 22.5 Å². The molecular formula is C26H28N8O. The predicted molar refractivity (Wildman–Crippen MR) is 135 cm³/mol. The maximum atomic E-state index is 13.4. The van der Waals surface area contributed by atoms with Gasteiger partial charge in [-0.25, -0.2) is 4.98 Å². The van der Waals surface area contributed by atoms with Crippen molar-refractivity contribution in [3.8, 4) is 11.3 Å². The number of para-hydroxylation sites is 1. The molecule has 178 valence electrons. The van der Waals surface area contributed by atoms with Crippen LogP contribution in [0, 0.1) is 13.8 Å². The smallest absolute Gasteiger partial charge is 0.256 e. The number of benzene rings is 1. The Morgan fingerprint density at radius 1 is 1.00 bits per heavy atom. The molecule has 5 rings (SSSR count). The van der Waals surface area contributed by atoms with Gasteiger partial charge in [-0.3, -0.25) is 18.8 Å². The Balaban J connectivity index is 1.44. The van der Waals surface area contributed by atoms with Crippen LogP contribution in [0.25, 0.3) is 22.2 Å². The highest BCUT2D eigenvalue weighted by Gasteiger charge is 2.17. The Morgan fingerprint density at radius 3 is 2.57 bits per heavy atom. The number of nitrogens with one attached hydrogen (secondary N) is 1. The Kier molecular flexibility index (Phi) is 5.90. The molecule has 5 aromatic rings. The van der Waals surface area contributed by atoms with Crippen LogP contribution in [0.2, 0.25) is 0 Å². The first kappa shape index (κ1) is 22.5. The minimum absolute atomic E-state index is 0.208. The van der Waals surface area contributed by atoms with Gasteiger partial charge < -0.3 is 5.32 Å². The van der Waals surface area contributed by atoms with E-state index in [1.165, 1.54) is 0 Å². The summed E-state index contributed by atoms with van der Waals surface area (Å²) in [6, 6.07) is 9.52. The molecule has 0 saturated heterocycles. The van der Waals surface area contributed by atoms with Crippen LogP contribution in [0.4, 0.5) is 5.69 Å². The Labute approximate surface area is 203 Å². The number of aryl methyl sites for hydroxylation is 3. The van der Waals surface area contributed by atoms with Gasteiger partial charge in [-0.05, 0) is 39.8 Å². The van der Waals surface area contributed by atoms with Crippen LogP contribution >= 0.6 is 0 Å². The highest BCUT2D eigenvalue weighted by molar-refractivity contribution is 6.13. The zero-order chi connectivity index (χ0) is 24.5. The molecule has 0 unspecified atom stereocenters. The lowest BCUT2D eigenvalue weighted by Crippen LogP contribution is -2.13. The highest BCUT2D eigenvalue weighted by Crippen LogP contribution is 2.27. The Hall–Kier alpha value is -4.27. The molecule has 35 heavy (non-hydrogen) atoms. The largest absolute Gasteiger partial charge is 0.319 e. The third-order valence-corrected chi connectivity index (χ3v) is 6.23. The molecule has 9 nitrogen and oxygen atoms in total. The molecule has 1 amide bonds. The van der Waals surface area contributed by atoms with Gasteiger partial charge in [0.25, 0.3) is 5.91 Å². The van der Waals surface area contributed by atoms with Crippen molar-refractivity contribution in [1.82, 2.24) is 34.3 Å². The monoisotopic (exact) mass is 468 g/mol. The zero-order valence-electron chi connectivity index (χ0n) is 20.4. The van der Waals surface area contributed by atoms with Crippen LogP contribution in [0.1, 0.15) is 41.2 Å². The maximum Gasteiger partial charge on any atom is 0.256 e. The second-order valence-electron chi connectivity index (χ2n) is 8.51. The molecule has 0 aliphatic rings. The number of aromatic nitrogens is 7. The van der Waals surface area contributed by atoms with Crippen LogP contribution in [0.3, 0.4) is 0 Å². The van der Waals surface area contributed by atoms with Gasteiger partial charge in [0.2, 0.25) is 0 Å². The SMILES string of the molecule is CCn1cc(-c2cc(C(=O)Nc3cnn(Cc4cnn(CC)c4C)c3)c3ccccc3n2)c(C)n1. The van der Waals surface area contributed by atoms with Crippen molar-refractivity contribution < 1.29 is 4.79 Å². The van der Waals surface area contributed by atoms with E-state index in [0.717, 1.165) is 52.2 Å². The molecule has 4 heterocycles. The number of rotatable bonds is 7. The van der Waals surface area contributed by atoms with Gasteiger partial charge >= 0.3 is 0 Å².